The average Bonchev–Trinajstić information content (AvgIpc) is 2.15. The van der Waals surface area contributed by atoms with Crippen LogP contribution >= 0.6 is 23.4 Å². The molecule has 76 valence electrons. The molecule has 1 aromatic rings. The minimum absolute atomic E-state index is 0.305. The van der Waals surface area contributed by atoms with Gasteiger partial charge in [0.15, 0.2) is 0 Å². The maximum atomic E-state index is 10.4. The molecule has 0 spiro atoms. The van der Waals surface area contributed by atoms with Gasteiger partial charge in [-0.2, -0.15) is 0 Å². The molecule has 0 saturated heterocycles. The molecule has 2 N–H and O–H groups in total. The third kappa shape index (κ3) is 4.53. The maximum absolute atomic E-state index is 10.4. The van der Waals surface area contributed by atoms with E-state index in [4.69, 9.17) is 17.3 Å². The summed E-state index contributed by atoms with van der Waals surface area (Å²) in [7, 11) is 0. The Balaban J connectivity index is 2.25. The summed E-state index contributed by atoms with van der Waals surface area (Å²) in [5.41, 5.74) is 6.23. The zero-order chi connectivity index (χ0) is 10.4. The number of hydrogen-bond donors (Lipinski definition) is 1. The first kappa shape index (κ1) is 11.4. The number of primary amides is 1. The first-order chi connectivity index (χ1) is 6.68. The molecule has 0 unspecified atom stereocenters. The molecule has 0 radical (unpaired) electrons. The second-order valence-corrected chi connectivity index (χ2v) is 4.43. The molecule has 0 heterocycles. The minimum Gasteiger partial charge on any atom is -0.361 e. The first-order valence-corrected chi connectivity index (χ1v) is 5.71. The lowest BCUT2D eigenvalue weighted by atomic mass is 10.1. The Bertz CT molecular complexity index is 299. The summed E-state index contributed by atoms with van der Waals surface area (Å²) in [5, 5.41) is 0.446. The number of nitrogens with two attached hydrogens (primary N) is 1. The van der Waals surface area contributed by atoms with Crippen LogP contribution in [0.4, 0.5) is 4.79 Å². The summed E-state index contributed by atoms with van der Waals surface area (Å²) in [6.07, 6.45) is 1.91. The molecule has 4 heteroatoms. The predicted octanol–water partition coefficient (Wildman–Crippen LogP) is 3.08. The van der Waals surface area contributed by atoms with Gasteiger partial charge in [0.2, 0.25) is 0 Å². The van der Waals surface area contributed by atoms with Crippen LogP contribution in [0.3, 0.4) is 0 Å². The van der Waals surface area contributed by atoms with Crippen LogP contribution in [0.5, 0.6) is 0 Å². The van der Waals surface area contributed by atoms with Crippen molar-refractivity contribution in [2.75, 3.05) is 5.75 Å². The topological polar surface area (TPSA) is 43.1 Å². The van der Waals surface area contributed by atoms with Crippen LogP contribution in [0.25, 0.3) is 0 Å². The van der Waals surface area contributed by atoms with Gasteiger partial charge >= 0.3 is 0 Å². The minimum atomic E-state index is -0.305. The highest BCUT2D eigenvalue weighted by molar-refractivity contribution is 8.13. The summed E-state index contributed by atoms with van der Waals surface area (Å²) in [6, 6.07) is 7.74. The molecule has 0 atom stereocenters. The van der Waals surface area contributed by atoms with Gasteiger partial charge in [-0.25, -0.2) is 0 Å². The Morgan fingerprint density at radius 1 is 1.36 bits per heavy atom. The highest BCUT2D eigenvalue weighted by atomic mass is 35.5. The Morgan fingerprint density at radius 3 is 2.57 bits per heavy atom. The van der Waals surface area contributed by atoms with E-state index in [-0.39, 0.29) is 5.24 Å². The molecule has 1 rings (SSSR count). The lowest BCUT2D eigenvalue weighted by Crippen LogP contribution is -2.03. The van der Waals surface area contributed by atoms with Crippen molar-refractivity contribution in [3.63, 3.8) is 0 Å². The molecule has 2 nitrogen and oxygen atoms in total. The number of amides is 1. The monoisotopic (exact) mass is 229 g/mol. The smallest absolute Gasteiger partial charge is 0.276 e. The van der Waals surface area contributed by atoms with E-state index in [1.54, 1.807) is 0 Å². The molecule has 14 heavy (non-hydrogen) atoms. The van der Waals surface area contributed by atoms with E-state index >= 15 is 0 Å². The van der Waals surface area contributed by atoms with Crippen LogP contribution in [0.1, 0.15) is 12.0 Å². The van der Waals surface area contributed by atoms with Crippen LogP contribution in [-0.2, 0) is 6.42 Å². The SMILES string of the molecule is NC(=O)SCCCc1ccc(Cl)cc1. The first-order valence-electron chi connectivity index (χ1n) is 4.35. The molecule has 0 fully saturated rings. The van der Waals surface area contributed by atoms with Crippen LogP contribution in [0.2, 0.25) is 5.02 Å². The quantitative estimate of drug-likeness (QED) is 0.807. The molecule has 0 aliphatic carbocycles. The van der Waals surface area contributed by atoms with E-state index in [1.807, 2.05) is 24.3 Å². The Labute approximate surface area is 92.8 Å². The van der Waals surface area contributed by atoms with Gasteiger partial charge in [0.1, 0.15) is 0 Å². The van der Waals surface area contributed by atoms with Gasteiger partial charge in [0.25, 0.3) is 5.24 Å². The third-order valence-corrected chi connectivity index (χ3v) is 2.80. The van der Waals surface area contributed by atoms with E-state index < -0.39 is 0 Å². The Morgan fingerprint density at radius 2 is 2.00 bits per heavy atom. The molecular weight excluding hydrogens is 218 g/mol. The number of carbonyl (C=O) groups is 1. The largest absolute Gasteiger partial charge is 0.361 e. The van der Waals surface area contributed by atoms with E-state index in [0.717, 1.165) is 23.6 Å². The summed E-state index contributed by atoms with van der Waals surface area (Å²) in [5.74, 6) is 0.776. The van der Waals surface area contributed by atoms with Crippen molar-refractivity contribution < 1.29 is 4.79 Å². The third-order valence-electron chi connectivity index (χ3n) is 1.77. The van der Waals surface area contributed by atoms with Crippen molar-refractivity contribution in [3.05, 3.63) is 34.9 Å². The van der Waals surface area contributed by atoms with E-state index in [9.17, 15) is 4.79 Å². The summed E-state index contributed by atoms with van der Waals surface area (Å²) in [6.45, 7) is 0. The molecule has 0 saturated carbocycles. The fourth-order valence-corrected chi connectivity index (χ4v) is 1.72. The number of thioether (sulfide) groups is 1. The fraction of sp³-hybridized carbons (Fsp3) is 0.300. The predicted molar refractivity (Wildman–Crippen MR) is 61.8 cm³/mol. The molecule has 0 aromatic heterocycles. The zero-order valence-corrected chi connectivity index (χ0v) is 9.27. The Kier molecular flexibility index (Phi) is 4.84. The van der Waals surface area contributed by atoms with E-state index in [0.29, 0.717) is 0 Å². The molecule has 0 aliphatic rings. The van der Waals surface area contributed by atoms with Crippen molar-refractivity contribution in [1.82, 2.24) is 0 Å². The standard InChI is InChI=1S/C10H12ClNOS/c11-9-5-3-8(4-6-9)2-1-7-14-10(12)13/h3-6H,1-2,7H2,(H2,12,13). The summed E-state index contributed by atoms with van der Waals surface area (Å²) >= 11 is 6.92. The number of benzene rings is 1. The number of aryl methyl sites for hydroxylation is 1. The maximum Gasteiger partial charge on any atom is 0.276 e. The van der Waals surface area contributed by atoms with Gasteiger partial charge in [-0.3, -0.25) is 4.79 Å². The van der Waals surface area contributed by atoms with E-state index in [1.165, 1.54) is 17.3 Å². The Hall–Kier alpha value is -0.670. The normalized spacial score (nSPS) is 10.1. The fourth-order valence-electron chi connectivity index (χ4n) is 1.10. The van der Waals surface area contributed by atoms with Crippen LogP contribution in [0.15, 0.2) is 24.3 Å². The second kappa shape index (κ2) is 5.94. The van der Waals surface area contributed by atoms with E-state index in [2.05, 4.69) is 0 Å². The molecule has 1 aromatic carbocycles. The summed E-state index contributed by atoms with van der Waals surface area (Å²) < 4.78 is 0. The van der Waals surface area contributed by atoms with Gasteiger partial charge < -0.3 is 5.73 Å². The van der Waals surface area contributed by atoms with Crippen molar-refractivity contribution in [3.8, 4) is 0 Å². The lowest BCUT2D eigenvalue weighted by Gasteiger charge is -2.00. The van der Waals surface area contributed by atoms with Gasteiger partial charge in [-0.15, -0.1) is 0 Å². The van der Waals surface area contributed by atoms with Crippen LogP contribution in [0, 0.1) is 0 Å². The molecule has 0 aliphatic heterocycles. The number of rotatable bonds is 4. The average molecular weight is 230 g/mol. The van der Waals surface area contributed by atoms with Crippen LogP contribution < -0.4 is 5.73 Å². The number of carbonyl (C=O) groups excluding carboxylic acids is 1. The number of halogens is 1. The van der Waals surface area contributed by atoms with Crippen LogP contribution in [-0.4, -0.2) is 11.0 Å². The zero-order valence-electron chi connectivity index (χ0n) is 7.70. The van der Waals surface area contributed by atoms with Crippen molar-refractivity contribution in [2.45, 2.75) is 12.8 Å². The molecule has 0 bridgehead atoms. The number of hydrogen-bond acceptors (Lipinski definition) is 2. The van der Waals surface area contributed by atoms with Crippen molar-refractivity contribution in [2.24, 2.45) is 5.73 Å². The van der Waals surface area contributed by atoms with Gasteiger partial charge in [-0.05, 0) is 30.5 Å². The summed E-state index contributed by atoms with van der Waals surface area (Å²) in [4.78, 5) is 10.4. The van der Waals surface area contributed by atoms with Gasteiger partial charge in [0, 0.05) is 10.8 Å². The van der Waals surface area contributed by atoms with Crippen molar-refractivity contribution in [1.29, 1.82) is 0 Å². The van der Waals surface area contributed by atoms with Crippen molar-refractivity contribution >= 4 is 28.6 Å². The highest BCUT2D eigenvalue weighted by Crippen LogP contribution is 2.12. The lowest BCUT2D eigenvalue weighted by molar-refractivity contribution is 0.267. The molecular formula is C10H12ClNOS. The highest BCUT2D eigenvalue weighted by Gasteiger charge is 1.96. The van der Waals surface area contributed by atoms with Gasteiger partial charge in [-0.1, -0.05) is 35.5 Å². The molecule has 1 amide bonds. The second-order valence-electron chi connectivity index (χ2n) is 2.90. The van der Waals surface area contributed by atoms with Gasteiger partial charge in [0.05, 0.1) is 0 Å².